The number of benzene rings is 1. The van der Waals surface area contributed by atoms with Crippen molar-refractivity contribution in [3.63, 3.8) is 0 Å². The summed E-state index contributed by atoms with van der Waals surface area (Å²) in [4.78, 5) is 4.30. The molecule has 0 aliphatic carbocycles. The topological polar surface area (TPSA) is 24.9 Å². The lowest BCUT2D eigenvalue weighted by atomic mass is 9.87. The van der Waals surface area contributed by atoms with Crippen molar-refractivity contribution in [2.45, 2.75) is 33.7 Å². The highest BCUT2D eigenvalue weighted by Crippen LogP contribution is 2.31. The minimum absolute atomic E-state index is 0.165. The molecule has 1 N–H and O–H groups in total. The number of hydrogen-bond acceptors (Lipinski definition) is 2. The van der Waals surface area contributed by atoms with Crippen molar-refractivity contribution >= 4 is 15.9 Å². The van der Waals surface area contributed by atoms with Crippen molar-refractivity contribution in [2.75, 3.05) is 7.05 Å². The maximum Gasteiger partial charge on any atom is 0.0595 e. The van der Waals surface area contributed by atoms with Gasteiger partial charge < -0.3 is 5.32 Å². The minimum atomic E-state index is 0.165. The van der Waals surface area contributed by atoms with Gasteiger partial charge in [-0.15, -0.1) is 0 Å². The van der Waals surface area contributed by atoms with Crippen LogP contribution >= 0.6 is 15.9 Å². The Hall–Kier alpha value is -1.19. The van der Waals surface area contributed by atoms with Gasteiger partial charge in [0.15, 0.2) is 0 Å². The third kappa shape index (κ3) is 2.79. The first-order chi connectivity index (χ1) is 9.45. The zero-order valence-electron chi connectivity index (χ0n) is 12.7. The summed E-state index contributed by atoms with van der Waals surface area (Å²) in [6.45, 7) is 8.76. The zero-order valence-corrected chi connectivity index (χ0v) is 14.3. The van der Waals surface area contributed by atoms with Gasteiger partial charge in [-0.25, -0.2) is 0 Å². The average Bonchev–Trinajstić information content (AvgIpc) is 2.41. The standard InChI is InChI=1S/C17H21BrN2/c1-10-6-11(2)13(4)16(12(10)3)17(19-5)14-7-15(18)9-20-8-14/h6-9,17,19H,1-5H3. The van der Waals surface area contributed by atoms with Crippen LogP contribution in [0.25, 0.3) is 0 Å². The molecular formula is C17H21BrN2. The van der Waals surface area contributed by atoms with Crippen LogP contribution in [0.3, 0.4) is 0 Å². The van der Waals surface area contributed by atoms with E-state index in [-0.39, 0.29) is 6.04 Å². The smallest absolute Gasteiger partial charge is 0.0595 e. The Kier molecular flexibility index (Phi) is 4.61. The summed E-state index contributed by atoms with van der Waals surface area (Å²) in [6, 6.07) is 4.56. The van der Waals surface area contributed by atoms with Gasteiger partial charge in [0.1, 0.15) is 0 Å². The maximum atomic E-state index is 4.30. The Bertz CT molecular complexity index is 609. The summed E-state index contributed by atoms with van der Waals surface area (Å²) in [7, 11) is 2.00. The molecule has 1 atom stereocenters. The zero-order chi connectivity index (χ0) is 14.9. The van der Waals surface area contributed by atoms with E-state index in [9.17, 15) is 0 Å². The largest absolute Gasteiger partial charge is 0.309 e. The second-order valence-electron chi connectivity index (χ2n) is 5.33. The molecule has 0 spiro atoms. The van der Waals surface area contributed by atoms with Crippen molar-refractivity contribution in [3.8, 4) is 0 Å². The van der Waals surface area contributed by atoms with Crippen molar-refractivity contribution in [2.24, 2.45) is 0 Å². The Morgan fingerprint density at radius 1 is 1.00 bits per heavy atom. The molecule has 20 heavy (non-hydrogen) atoms. The SMILES string of the molecule is CNC(c1cncc(Br)c1)c1c(C)c(C)cc(C)c1C. The average molecular weight is 333 g/mol. The highest BCUT2D eigenvalue weighted by molar-refractivity contribution is 9.10. The van der Waals surface area contributed by atoms with Crippen LogP contribution in [0.4, 0.5) is 0 Å². The Morgan fingerprint density at radius 3 is 2.10 bits per heavy atom. The number of aromatic nitrogens is 1. The highest BCUT2D eigenvalue weighted by Gasteiger charge is 2.19. The van der Waals surface area contributed by atoms with E-state index in [0.29, 0.717) is 0 Å². The molecule has 2 nitrogen and oxygen atoms in total. The molecule has 1 unspecified atom stereocenters. The molecule has 1 heterocycles. The lowest BCUT2D eigenvalue weighted by Gasteiger charge is -2.24. The van der Waals surface area contributed by atoms with Gasteiger partial charge >= 0.3 is 0 Å². The van der Waals surface area contributed by atoms with Crippen LogP contribution in [0.5, 0.6) is 0 Å². The van der Waals surface area contributed by atoms with Crippen molar-refractivity contribution < 1.29 is 0 Å². The van der Waals surface area contributed by atoms with E-state index < -0.39 is 0 Å². The molecule has 106 valence electrons. The third-order valence-corrected chi connectivity index (χ3v) is 4.49. The number of pyridine rings is 1. The van der Waals surface area contributed by atoms with Crippen LogP contribution < -0.4 is 5.32 Å². The highest BCUT2D eigenvalue weighted by atomic mass is 79.9. The molecule has 2 rings (SSSR count). The summed E-state index contributed by atoms with van der Waals surface area (Å²) < 4.78 is 1.01. The van der Waals surface area contributed by atoms with Crippen molar-refractivity contribution in [1.29, 1.82) is 0 Å². The first-order valence-corrected chi connectivity index (χ1v) is 7.60. The van der Waals surface area contributed by atoms with Gasteiger partial charge in [-0.1, -0.05) is 6.07 Å². The second-order valence-corrected chi connectivity index (χ2v) is 6.25. The normalized spacial score (nSPS) is 12.5. The summed E-state index contributed by atoms with van der Waals surface area (Å²) in [6.07, 6.45) is 3.75. The number of nitrogens with one attached hydrogen (secondary N) is 1. The predicted molar refractivity (Wildman–Crippen MR) is 88.2 cm³/mol. The van der Waals surface area contributed by atoms with Crippen molar-refractivity contribution in [1.82, 2.24) is 10.3 Å². The van der Waals surface area contributed by atoms with Gasteiger partial charge in [-0.2, -0.15) is 0 Å². The van der Waals surface area contributed by atoms with Crippen LogP contribution in [-0.2, 0) is 0 Å². The molecular weight excluding hydrogens is 312 g/mol. The first kappa shape index (κ1) is 15.2. The molecule has 0 radical (unpaired) electrons. The number of hydrogen-bond donors (Lipinski definition) is 1. The summed E-state index contributed by atoms with van der Waals surface area (Å²) >= 11 is 3.51. The fraction of sp³-hybridized carbons (Fsp3) is 0.353. The molecule has 1 aromatic heterocycles. The summed E-state index contributed by atoms with van der Waals surface area (Å²) in [5.74, 6) is 0. The van der Waals surface area contributed by atoms with Crippen LogP contribution in [0.1, 0.15) is 39.4 Å². The number of rotatable bonds is 3. The molecule has 0 aliphatic heterocycles. The Labute approximate surface area is 129 Å². The maximum absolute atomic E-state index is 4.30. The van der Waals surface area contributed by atoms with Gasteiger partial charge in [0.2, 0.25) is 0 Å². The summed E-state index contributed by atoms with van der Waals surface area (Å²) in [5.41, 5.74) is 7.93. The van der Waals surface area contributed by atoms with E-state index in [0.717, 1.165) is 4.47 Å². The Balaban J connectivity index is 2.64. The monoisotopic (exact) mass is 332 g/mol. The van der Waals surface area contributed by atoms with E-state index in [1.165, 1.54) is 33.4 Å². The molecule has 0 aliphatic rings. The lowest BCUT2D eigenvalue weighted by molar-refractivity contribution is 0.678. The molecule has 1 aromatic carbocycles. The molecule has 2 aromatic rings. The van der Waals surface area contributed by atoms with E-state index in [1.807, 2.05) is 19.4 Å². The molecule has 0 saturated heterocycles. The second kappa shape index (κ2) is 6.06. The van der Waals surface area contributed by atoms with Crippen LogP contribution in [-0.4, -0.2) is 12.0 Å². The Morgan fingerprint density at radius 2 is 1.60 bits per heavy atom. The van der Waals surface area contributed by atoms with Crippen LogP contribution in [0.2, 0.25) is 0 Å². The molecule has 0 fully saturated rings. The fourth-order valence-electron chi connectivity index (χ4n) is 2.74. The van der Waals surface area contributed by atoms with Gasteiger partial charge in [0.25, 0.3) is 0 Å². The van der Waals surface area contributed by atoms with Gasteiger partial charge in [-0.3, -0.25) is 4.98 Å². The molecule has 0 saturated carbocycles. The van der Waals surface area contributed by atoms with Crippen LogP contribution in [0.15, 0.2) is 29.0 Å². The van der Waals surface area contributed by atoms with Gasteiger partial charge in [-0.05, 0) is 90.1 Å². The van der Waals surface area contributed by atoms with Gasteiger partial charge in [0.05, 0.1) is 6.04 Å². The van der Waals surface area contributed by atoms with E-state index in [2.05, 4.69) is 66.1 Å². The molecule has 3 heteroatoms. The first-order valence-electron chi connectivity index (χ1n) is 6.80. The van der Waals surface area contributed by atoms with Crippen LogP contribution in [0, 0.1) is 27.7 Å². The molecule has 0 bridgehead atoms. The van der Waals surface area contributed by atoms with Gasteiger partial charge in [0, 0.05) is 16.9 Å². The summed E-state index contributed by atoms with van der Waals surface area (Å²) in [5, 5.41) is 3.44. The van der Waals surface area contributed by atoms with E-state index >= 15 is 0 Å². The number of halogens is 1. The van der Waals surface area contributed by atoms with E-state index in [4.69, 9.17) is 0 Å². The van der Waals surface area contributed by atoms with Crippen molar-refractivity contribution in [3.05, 3.63) is 62.4 Å². The third-order valence-electron chi connectivity index (χ3n) is 4.06. The number of nitrogens with zero attached hydrogens (tertiary/aromatic N) is 1. The lowest BCUT2D eigenvalue weighted by Crippen LogP contribution is -2.21. The minimum Gasteiger partial charge on any atom is -0.309 e. The predicted octanol–water partition coefficient (Wildman–Crippen LogP) is 4.39. The van der Waals surface area contributed by atoms with E-state index in [1.54, 1.807) is 0 Å². The number of aryl methyl sites for hydroxylation is 2. The quantitative estimate of drug-likeness (QED) is 0.901. The molecule has 0 amide bonds. The fourth-order valence-corrected chi connectivity index (χ4v) is 3.13.